The third-order valence-corrected chi connectivity index (χ3v) is 1.78. The summed E-state index contributed by atoms with van der Waals surface area (Å²) in [5.41, 5.74) is 2.26. The summed E-state index contributed by atoms with van der Waals surface area (Å²) < 4.78 is 0. The summed E-state index contributed by atoms with van der Waals surface area (Å²) in [5.74, 6) is 0. The molecule has 0 spiro atoms. The summed E-state index contributed by atoms with van der Waals surface area (Å²) in [4.78, 5) is 0. The lowest BCUT2D eigenvalue weighted by molar-refractivity contribution is 0.303. The van der Waals surface area contributed by atoms with Crippen molar-refractivity contribution >= 4 is 11.8 Å². The van der Waals surface area contributed by atoms with E-state index in [4.69, 9.17) is 5.11 Å². The van der Waals surface area contributed by atoms with Crippen LogP contribution in [0.2, 0.25) is 0 Å². The Hall–Kier alpha value is -1.28. The number of rotatable bonds is 4. The second-order valence-electron chi connectivity index (χ2n) is 2.79. The first-order valence-corrected chi connectivity index (χ1v) is 4.42. The molecule has 0 atom stereocenters. The first-order valence-electron chi connectivity index (χ1n) is 4.42. The minimum absolute atomic E-state index is 0.211. The van der Waals surface area contributed by atoms with Gasteiger partial charge in [-0.1, -0.05) is 24.3 Å². The molecule has 2 N–H and O–H groups in total. The number of aliphatic hydroxyl groups is 1. The zero-order valence-corrected chi connectivity index (χ0v) is 7.83. The summed E-state index contributed by atoms with van der Waals surface area (Å²) in [6.45, 7) is 0.211. The van der Waals surface area contributed by atoms with Gasteiger partial charge in [-0.05, 0) is 24.1 Å². The Morgan fingerprint density at radius 2 is 2.31 bits per heavy atom. The molecule has 1 rings (SSSR count). The highest BCUT2D eigenvalue weighted by atomic mass is 16.2. The Morgan fingerprint density at radius 1 is 1.46 bits per heavy atom. The molecule has 70 valence electrons. The molecular weight excluding hydrogens is 162 g/mol. The molecule has 0 saturated heterocycles. The van der Waals surface area contributed by atoms with Crippen LogP contribution < -0.4 is 5.32 Å². The largest absolute Gasteiger partial charge is 0.396 e. The topological polar surface area (TPSA) is 32.3 Å². The maximum Gasteiger partial charge on any atom is 0.0465 e. The Balaban J connectivity index is 2.66. The average Bonchev–Trinajstić information content (AvgIpc) is 2.19. The minimum atomic E-state index is 0.211. The number of nitrogens with one attached hydrogen (secondary N) is 1. The maximum atomic E-state index is 8.58. The van der Waals surface area contributed by atoms with E-state index in [1.807, 2.05) is 37.4 Å². The summed E-state index contributed by atoms with van der Waals surface area (Å²) in [5, 5.41) is 11.7. The van der Waals surface area contributed by atoms with Gasteiger partial charge in [0.15, 0.2) is 0 Å². The first kappa shape index (κ1) is 9.81. The lowest BCUT2D eigenvalue weighted by Crippen LogP contribution is -1.87. The van der Waals surface area contributed by atoms with Crippen molar-refractivity contribution in [1.82, 2.24) is 0 Å². The predicted molar refractivity (Wildman–Crippen MR) is 56.7 cm³/mol. The minimum Gasteiger partial charge on any atom is -0.396 e. The molecule has 0 bridgehead atoms. The van der Waals surface area contributed by atoms with Crippen LogP contribution in [-0.2, 0) is 0 Å². The molecule has 0 aliphatic carbocycles. The monoisotopic (exact) mass is 177 g/mol. The van der Waals surface area contributed by atoms with Gasteiger partial charge in [0.1, 0.15) is 0 Å². The van der Waals surface area contributed by atoms with Crippen LogP contribution in [0.25, 0.3) is 6.08 Å². The van der Waals surface area contributed by atoms with E-state index in [-0.39, 0.29) is 6.61 Å². The van der Waals surface area contributed by atoms with Crippen LogP contribution in [-0.4, -0.2) is 18.8 Å². The molecule has 1 aromatic rings. The van der Waals surface area contributed by atoms with Crippen LogP contribution in [0.4, 0.5) is 5.69 Å². The predicted octanol–water partition coefficient (Wildman–Crippen LogP) is 2.12. The standard InChI is InChI=1S/C11H15NO/c1-12-11-7-4-6-10(9-11)5-2-3-8-13/h2,4-7,9,12-13H,3,8H2,1H3. The summed E-state index contributed by atoms with van der Waals surface area (Å²) >= 11 is 0. The Labute approximate surface area is 78.9 Å². The summed E-state index contributed by atoms with van der Waals surface area (Å²) in [6, 6.07) is 8.12. The van der Waals surface area contributed by atoms with Gasteiger partial charge in [0.25, 0.3) is 0 Å². The molecule has 0 aliphatic heterocycles. The molecule has 0 heterocycles. The molecule has 0 amide bonds. The van der Waals surface area contributed by atoms with Crippen molar-refractivity contribution in [3.8, 4) is 0 Å². The summed E-state index contributed by atoms with van der Waals surface area (Å²) in [6.07, 6.45) is 4.69. The Bertz CT molecular complexity index is 281. The highest BCUT2D eigenvalue weighted by Crippen LogP contribution is 2.11. The van der Waals surface area contributed by atoms with Crippen molar-refractivity contribution < 1.29 is 5.11 Å². The van der Waals surface area contributed by atoms with Crippen LogP contribution in [0.15, 0.2) is 30.3 Å². The lowest BCUT2D eigenvalue weighted by atomic mass is 10.2. The van der Waals surface area contributed by atoms with Crippen LogP contribution in [0.5, 0.6) is 0 Å². The van der Waals surface area contributed by atoms with Gasteiger partial charge in [0, 0.05) is 19.3 Å². The third kappa shape index (κ3) is 3.30. The van der Waals surface area contributed by atoms with E-state index in [1.165, 1.54) is 0 Å². The van der Waals surface area contributed by atoms with Crippen molar-refractivity contribution in [1.29, 1.82) is 0 Å². The fourth-order valence-corrected chi connectivity index (χ4v) is 1.09. The number of hydrogen-bond donors (Lipinski definition) is 2. The quantitative estimate of drug-likeness (QED) is 0.738. The zero-order chi connectivity index (χ0) is 9.52. The van der Waals surface area contributed by atoms with E-state index in [2.05, 4.69) is 11.4 Å². The molecule has 0 aliphatic rings. The third-order valence-electron chi connectivity index (χ3n) is 1.78. The zero-order valence-electron chi connectivity index (χ0n) is 7.83. The van der Waals surface area contributed by atoms with E-state index < -0.39 is 0 Å². The summed E-state index contributed by atoms with van der Waals surface area (Å²) in [7, 11) is 1.90. The van der Waals surface area contributed by atoms with Crippen LogP contribution in [0.1, 0.15) is 12.0 Å². The molecule has 13 heavy (non-hydrogen) atoms. The second kappa shape index (κ2) is 5.38. The van der Waals surface area contributed by atoms with Gasteiger partial charge in [0.05, 0.1) is 0 Å². The number of hydrogen-bond acceptors (Lipinski definition) is 2. The van der Waals surface area contributed by atoms with Gasteiger partial charge in [-0.3, -0.25) is 0 Å². The van der Waals surface area contributed by atoms with Gasteiger partial charge in [-0.25, -0.2) is 0 Å². The molecule has 0 unspecified atom stereocenters. The number of benzene rings is 1. The number of aliphatic hydroxyl groups excluding tert-OH is 1. The van der Waals surface area contributed by atoms with Gasteiger partial charge in [-0.2, -0.15) is 0 Å². The molecule has 1 aromatic carbocycles. The SMILES string of the molecule is CNc1cccc(C=CCCO)c1. The van der Waals surface area contributed by atoms with E-state index in [9.17, 15) is 0 Å². The van der Waals surface area contributed by atoms with E-state index in [0.29, 0.717) is 6.42 Å². The highest BCUT2D eigenvalue weighted by Gasteiger charge is 1.88. The maximum absolute atomic E-state index is 8.58. The van der Waals surface area contributed by atoms with Crippen LogP contribution in [0, 0.1) is 0 Å². The molecule has 0 radical (unpaired) electrons. The van der Waals surface area contributed by atoms with Gasteiger partial charge < -0.3 is 10.4 Å². The van der Waals surface area contributed by atoms with Gasteiger partial charge >= 0.3 is 0 Å². The molecule has 2 heteroatoms. The van der Waals surface area contributed by atoms with E-state index >= 15 is 0 Å². The molecule has 0 fully saturated rings. The fraction of sp³-hybridized carbons (Fsp3) is 0.273. The molecular formula is C11H15NO. The van der Waals surface area contributed by atoms with Crippen molar-refractivity contribution in [2.24, 2.45) is 0 Å². The normalized spacial score (nSPS) is 10.6. The van der Waals surface area contributed by atoms with E-state index in [0.717, 1.165) is 11.3 Å². The van der Waals surface area contributed by atoms with Crippen LogP contribution >= 0.6 is 0 Å². The highest BCUT2D eigenvalue weighted by molar-refractivity contribution is 5.56. The molecule has 0 saturated carbocycles. The van der Waals surface area contributed by atoms with Crippen molar-refractivity contribution in [2.75, 3.05) is 19.0 Å². The van der Waals surface area contributed by atoms with E-state index in [1.54, 1.807) is 0 Å². The average molecular weight is 177 g/mol. The number of anilines is 1. The Morgan fingerprint density at radius 3 is 3.00 bits per heavy atom. The lowest BCUT2D eigenvalue weighted by Gasteiger charge is -1.99. The smallest absolute Gasteiger partial charge is 0.0465 e. The second-order valence-corrected chi connectivity index (χ2v) is 2.79. The van der Waals surface area contributed by atoms with Crippen LogP contribution in [0.3, 0.4) is 0 Å². The van der Waals surface area contributed by atoms with Crippen molar-refractivity contribution in [2.45, 2.75) is 6.42 Å². The van der Waals surface area contributed by atoms with Gasteiger partial charge in [0.2, 0.25) is 0 Å². The molecule has 0 aromatic heterocycles. The Kier molecular flexibility index (Phi) is 4.06. The van der Waals surface area contributed by atoms with Gasteiger partial charge in [-0.15, -0.1) is 0 Å². The van der Waals surface area contributed by atoms with Crippen molar-refractivity contribution in [3.63, 3.8) is 0 Å². The first-order chi connectivity index (χ1) is 6.36. The fourth-order valence-electron chi connectivity index (χ4n) is 1.09. The van der Waals surface area contributed by atoms with Crippen molar-refractivity contribution in [3.05, 3.63) is 35.9 Å². The molecule has 2 nitrogen and oxygen atoms in total.